The van der Waals surface area contributed by atoms with Gasteiger partial charge in [-0.25, -0.2) is 4.98 Å². The molecule has 0 saturated carbocycles. The first-order chi connectivity index (χ1) is 10.2. The summed E-state index contributed by atoms with van der Waals surface area (Å²) >= 11 is 1.56. The zero-order chi connectivity index (χ0) is 15.1. The van der Waals surface area contributed by atoms with Crippen molar-refractivity contribution < 1.29 is 9.53 Å². The van der Waals surface area contributed by atoms with Crippen LogP contribution in [0.3, 0.4) is 0 Å². The molecular weight excluding hydrogens is 286 g/mol. The molecule has 0 bridgehead atoms. The number of benzene rings is 1. The van der Waals surface area contributed by atoms with E-state index in [1.165, 1.54) is 0 Å². The van der Waals surface area contributed by atoms with Gasteiger partial charge in [0.1, 0.15) is 5.75 Å². The highest BCUT2D eigenvalue weighted by Crippen LogP contribution is 2.14. The number of anilines is 1. The number of rotatable bonds is 7. The number of nitrogens with zero attached hydrogens (tertiary/aromatic N) is 1. The first kappa shape index (κ1) is 15.3. The van der Waals surface area contributed by atoms with Crippen molar-refractivity contribution in [3.05, 3.63) is 40.9 Å². The molecule has 0 fully saturated rings. The van der Waals surface area contributed by atoms with Gasteiger partial charge in [-0.3, -0.25) is 4.79 Å². The molecule has 0 aliphatic carbocycles. The topological polar surface area (TPSA) is 63.2 Å². The molecule has 1 amide bonds. The number of hydrogen-bond acceptors (Lipinski definition) is 5. The van der Waals surface area contributed by atoms with Crippen LogP contribution in [-0.2, 0) is 11.2 Å². The lowest BCUT2D eigenvalue weighted by atomic mass is 10.2. The van der Waals surface area contributed by atoms with E-state index < -0.39 is 0 Å². The summed E-state index contributed by atoms with van der Waals surface area (Å²) in [5, 5.41) is 8.69. The van der Waals surface area contributed by atoms with Crippen LogP contribution in [0.15, 0.2) is 29.6 Å². The van der Waals surface area contributed by atoms with E-state index in [9.17, 15) is 4.79 Å². The Kier molecular flexibility index (Phi) is 5.57. The number of thiazole rings is 1. The minimum atomic E-state index is -0.124. The molecule has 1 heterocycles. The van der Waals surface area contributed by atoms with E-state index >= 15 is 0 Å². The molecule has 6 heteroatoms. The van der Waals surface area contributed by atoms with E-state index in [-0.39, 0.29) is 12.5 Å². The molecule has 0 aliphatic rings. The lowest BCUT2D eigenvalue weighted by Gasteiger charge is -2.07. The molecule has 1 aromatic heterocycles. The second-order valence-electron chi connectivity index (χ2n) is 4.60. The van der Waals surface area contributed by atoms with E-state index in [0.717, 1.165) is 16.4 Å². The maximum absolute atomic E-state index is 11.7. The van der Waals surface area contributed by atoms with Crippen molar-refractivity contribution in [2.45, 2.75) is 13.3 Å². The molecule has 5 nitrogen and oxygen atoms in total. The van der Waals surface area contributed by atoms with Gasteiger partial charge in [0, 0.05) is 25.4 Å². The zero-order valence-electron chi connectivity index (χ0n) is 12.2. The fourth-order valence-corrected chi connectivity index (χ4v) is 2.48. The average molecular weight is 305 g/mol. The Bertz CT molecular complexity index is 598. The molecule has 0 radical (unpaired) electrons. The number of nitrogens with one attached hydrogen (secondary N) is 2. The maximum Gasteiger partial charge on any atom is 0.257 e. The Morgan fingerprint density at radius 2 is 2.29 bits per heavy atom. The van der Waals surface area contributed by atoms with E-state index in [1.54, 1.807) is 11.3 Å². The minimum Gasteiger partial charge on any atom is -0.484 e. The van der Waals surface area contributed by atoms with Crippen LogP contribution in [0.5, 0.6) is 5.75 Å². The monoisotopic (exact) mass is 305 g/mol. The standard InChI is InChI=1S/C15H19N3O2S/c1-11-4-3-5-13(8-11)20-9-14(19)17-7-6-12-10-21-15(16-2)18-12/h3-5,8,10H,6-7,9H2,1-2H3,(H,16,18)(H,17,19). The van der Waals surface area contributed by atoms with Crippen molar-refractivity contribution >= 4 is 22.4 Å². The molecule has 2 rings (SSSR count). The summed E-state index contributed by atoms with van der Waals surface area (Å²) in [5.41, 5.74) is 2.08. The van der Waals surface area contributed by atoms with E-state index in [1.807, 2.05) is 43.6 Å². The van der Waals surface area contributed by atoms with E-state index in [0.29, 0.717) is 18.7 Å². The molecule has 0 saturated heterocycles. The largest absolute Gasteiger partial charge is 0.484 e. The van der Waals surface area contributed by atoms with Gasteiger partial charge in [-0.15, -0.1) is 11.3 Å². The Balaban J connectivity index is 1.67. The molecule has 2 aromatic rings. The molecule has 2 N–H and O–H groups in total. The summed E-state index contributed by atoms with van der Waals surface area (Å²) in [5.74, 6) is 0.587. The second kappa shape index (κ2) is 7.64. The van der Waals surface area contributed by atoms with Crippen molar-refractivity contribution in [1.29, 1.82) is 0 Å². The SMILES string of the molecule is CNc1nc(CCNC(=O)COc2cccc(C)c2)cs1. The smallest absolute Gasteiger partial charge is 0.257 e. The van der Waals surface area contributed by atoms with Crippen molar-refractivity contribution in [3.8, 4) is 5.75 Å². The van der Waals surface area contributed by atoms with Gasteiger partial charge in [0.15, 0.2) is 11.7 Å². The first-order valence-corrected chi connectivity index (χ1v) is 7.63. The summed E-state index contributed by atoms with van der Waals surface area (Å²) in [6, 6.07) is 7.64. The number of ether oxygens (including phenoxy) is 1. The Morgan fingerprint density at radius 1 is 1.43 bits per heavy atom. The molecule has 0 spiro atoms. The minimum absolute atomic E-state index is 0.0300. The Labute approximate surface area is 128 Å². The van der Waals surface area contributed by atoms with Gasteiger partial charge >= 0.3 is 0 Å². The van der Waals surface area contributed by atoms with Gasteiger partial charge in [-0.1, -0.05) is 12.1 Å². The second-order valence-corrected chi connectivity index (χ2v) is 5.46. The van der Waals surface area contributed by atoms with E-state index in [4.69, 9.17) is 4.74 Å². The quantitative estimate of drug-likeness (QED) is 0.823. The number of carbonyl (C=O) groups is 1. The molecule has 0 atom stereocenters. The highest BCUT2D eigenvalue weighted by molar-refractivity contribution is 7.13. The zero-order valence-corrected chi connectivity index (χ0v) is 13.0. The molecular formula is C15H19N3O2S. The van der Waals surface area contributed by atoms with Crippen LogP contribution in [0.2, 0.25) is 0 Å². The van der Waals surface area contributed by atoms with Crippen molar-refractivity contribution in [2.75, 3.05) is 25.5 Å². The third kappa shape index (κ3) is 5.07. The van der Waals surface area contributed by atoms with Gasteiger partial charge in [0.05, 0.1) is 5.69 Å². The molecule has 0 unspecified atom stereocenters. The number of aryl methyl sites for hydroxylation is 1. The predicted octanol–water partition coefficient (Wildman–Crippen LogP) is 2.23. The number of hydrogen-bond donors (Lipinski definition) is 2. The van der Waals surface area contributed by atoms with Gasteiger partial charge in [-0.2, -0.15) is 0 Å². The third-order valence-electron chi connectivity index (χ3n) is 2.83. The first-order valence-electron chi connectivity index (χ1n) is 6.75. The average Bonchev–Trinajstić information content (AvgIpc) is 2.93. The van der Waals surface area contributed by atoms with Crippen LogP contribution in [0.1, 0.15) is 11.3 Å². The fraction of sp³-hybridized carbons (Fsp3) is 0.333. The summed E-state index contributed by atoms with van der Waals surface area (Å²) in [6.07, 6.45) is 0.717. The van der Waals surface area contributed by atoms with Crippen LogP contribution in [-0.4, -0.2) is 31.1 Å². The Morgan fingerprint density at radius 3 is 3.00 bits per heavy atom. The van der Waals surface area contributed by atoms with Gasteiger partial charge in [0.25, 0.3) is 5.91 Å². The summed E-state index contributed by atoms with van der Waals surface area (Å²) in [7, 11) is 1.84. The summed E-state index contributed by atoms with van der Waals surface area (Å²) < 4.78 is 5.44. The van der Waals surface area contributed by atoms with Crippen molar-refractivity contribution in [3.63, 3.8) is 0 Å². The molecule has 21 heavy (non-hydrogen) atoms. The summed E-state index contributed by atoms with van der Waals surface area (Å²) in [4.78, 5) is 16.0. The lowest BCUT2D eigenvalue weighted by Crippen LogP contribution is -2.30. The highest BCUT2D eigenvalue weighted by Gasteiger charge is 2.04. The fourth-order valence-electron chi connectivity index (χ4n) is 1.77. The summed E-state index contributed by atoms with van der Waals surface area (Å²) in [6.45, 7) is 2.57. The van der Waals surface area contributed by atoms with Crippen molar-refractivity contribution in [1.82, 2.24) is 10.3 Å². The van der Waals surface area contributed by atoms with Gasteiger partial charge in [-0.05, 0) is 24.6 Å². The number of amides is 1. The molecule has 112 valence electrons. The van der Waals surface area contributed by atoms with Crippen molar-refractivity contribution in [2.24, 2.45) is 0 Å². The van der Waals surface area contributed by atoms with Crippen LogP contribution in [0.4, 0.5) is 5.13 Å². The lowest BCUT2D eigenvalue weighted by molar-refractivity contribution is -0.123. The normalized spacial score (nSPS) is 10.2. The van der Waals surface area contributed by atoms with Crippen LogP contribution in [0, 0.1) is 6.92 Å². The number of carbonyl (C=O) groups excluding carboxylic acids is 1. The molecule has 1 aromatic carbocycles. The molecule has 0 aliphatic heterocycles. The van der Waals surface area contributed by atoms with Gasteiger partial charge in [0.2, 0.25) is 0 Å². The van der Waals surface area contributed by atoms with Gasteiger partial charge < -0.3 is 15.4 Å². The van der Waals surface area contributed by atoms with Crippen LogP contribution >= 0.6 is 11.3 Å². The third-order valence-corrected chi connectivity index (χ3v) is 3.74. The maximum atomic E-state index is 11.7. The van der Waals surface area contributed by atoms with Crippen LogP contribution in [0.25, 0.3) is 0 Å². The van der Waals surface area contributed by atoms with E-state index in [2.05, 4.69) is 15.6 Å². The number of aromatic nitrogens is 1. The van der Waals surface area contributed by atoms with Crippen LogP contribution < -0.4 is 15.4 Å². The Hall–Kier alpha value is -2.08. The predicted molar refractivity (Wildman–Crippen MR) is 85.0 cm³/mol. The highest BCUT2D eigenvalue weighted by atomic mass is 32.1.